The van der Waals surface area contributed by atoms with Crippen LogP contribution in [0.3, 0.4) is 0 Å². The van der Waals surface area contributed by atoms with Crippen molar-refractivity contribution in [3.05, 3.63) is 88.4 Å². The Labute approximate surface area is 254 Å². The number of rotatable bonds is 13. The van der Waals surface area contributed by atoms with Crippen molar-refractivity contribution in [2.45, 2.75) is 71.0 Å². The van der Waals surface area contributed by atoms with Crippen molar-refractivity contribution in [2.24, 2.45) is 0 Å². The summed E-state index contributed by atoms with van der Waals surface area (Å²) in [4.78, 5) is 29.1. The van der Waals surface area contributed by atoms with Crippen LogP contribution in [-0.4, -0.2) is 50.9 Å². The second-order valence-corrected chi connectivity index (χ2v) is 12.7. The maximum Gasteiger partial charge on any atom is 0.264 e. The number of carbonyl (C=O) groups excluding carboxylic acids is 2. The Morgan fingerprint density at radius 2 is 1.55 bits per heavy atom. The van der Waals surface area contributed by atoms with Crippen LogP contribution in [0.4, 0.5) is 5.69 Å². The third-order valence-corrected chi connectivity index (χ3v) is 9.17. The van der Waals surface area contributed by atoms with Crippen molar-refractivity contribution in [3.8, 4) is 5.75 Å². The number of nitrogens with zero attached hydrogens (tertiary/aromatic N) is 2. The van der Waals surface area contributed by atoms with Gasteiger partial charge >= 0.3 is 0 Å². The summed E-state index contributed by atoms with van der Waals surface area (Å²) in [5.74, 6) is -0.527. The quantitative estimate of drug-likeness (QED) is 0.260. The zero-order chi connectivity index (χ0) is 31.0. The van der Waals surface area contributed by atoms with Gasteiger partial charge in [0.1, 0.15) is 18.3 Å². The summed E-state index contributed by atoms with van der Waals surface area (Å²) < 4.78 is 34.9. The Hall–Kier alpha value is -3.56. The van der Waals surface area contributed by atoms with Crippen LogP contribution in [0.15, 0.2) is 71.6 Å². The first-order chi connectivity index (χ1) is 19.9. The minimum absolute atomic E-state index is 0.0373. The summed E-state index contributed by atoms with van der Waals surface area (Å²) in [5.41, 5.74) is 2.68. The van der Waals surface area contributed by atoms with Gasteiger partial charge in [0.05, 0.1) is 17.7 Å². The highest BCUT2D eigenvalue weighted by Gasteiger charge is 2.35. The van der Waals surface area contributed by atoms with Gasteiger partial charge in [0.15, 0.2) is 0 Å². The zero-order valence-electron chi connectivity index (χ0n) is 25.1. The van der Waals surface area contributed by atoms with E-state index < -0.39 is 28.5 Å². The van der Waals surface area contributed by atoms with Crippen LogP contribution in [0.5, 0.6) is 5.75 Å². The molecule has 0 fully saturated rings. The van der Waals surface area contributed by atoms with Gasteiger partial charge < -0.3 is 15.0 Å². The third-order valence-electron chi connectivity index (χ3n) is 7.14. The molecule has 0 spiro atoms. The lowest BCUT2D eigenvalue weighted by molar-refractivity contribution is -0.140. The lowest BCUT2D eigenvalue weighted by atomic mass is 10.1. The number of carbonyl (C=O) groups is 2. The highest BCUT2D eigenvalue weighted by molar-refractivity contribution is 7.92. The molecule has 0 aliphatic rings. The van der Waals surface area contributed by atoms with Gasteiger partial charge in [-0.05, 0) is 81.1 Å². The first-order valence-corrected chi connectivity index (χ1v) is 15.8. The van der Waals surface area contributed by atoms with Crippen LogP contribution in [0.1, 0.15) is 50.3 Å². The molecular weight excluding hydrogens is 574 g/mol. The maximum atomic E-state index is 14.2. The van der Waals surface area contributed by atoms with E-state index in [1.165, 1.54) is 24.1 Å². The van der Waals surface area contributed by atoms with Gasteiger partial charge in [-0.2, -0.15) is 0 Å². The molecule has 0 aliphatic carbocycles. The van der Waals surface area contributed by atoms with Crippen molar-refractivity contribution < 1.29 is 22.7 Å². The predicted octanol–water partition coefficient (Wildman–Crippen LogP) is 5.88. The molecule has 226 valence electrons. The zero-order valence-corrected chi connectivity index (χ0v) is 26.6. The number of benzene rings is 3. The number of aryl methyl sites for hydroxylation is 2. The normalized spacial score (nSPS) is 12.7. The molecule has 0 heterocycles. The van der Waals surface area contributed by atoms with Gasteiger partial charge in [-0.25, -0.2) is 8.42 Å². The second kappa shape index (κ2) is 14.6. The summed E-state index contributed by atoms with van der Waals surface area (Å²) in [6, 6.07) is 17.7. The third kappa shape index (κ3) is 8.04. The van der Waals surface area contributed by atoms with Gasteiger partial charge in [-0.1, -0.05) is 61.3 Å². The number of amides is 2. The SMILES string of the molecule is CCC(C)NC(=O)C(CC)N(Cc1ccc(Cl)cc1)C(=O)CN(c1cc(C)ccc1OC)S(=O)(=O)c1ccc(C)cc1. The molecular formula is C32H40ClN3O5S. The molecule has 42 heavy (non-hydrogen) atoms. The smallest absolute Gasteiger partial charge is 0.264 e. The molecule has 1 N–H and O–H groups in total. The number of anilines is 1. The topological polar surface area (TPSA) is 96.0 Å². The molecule has 3 aromatic rings. The number of nitrogens with one attached hydrogen (secondary N) is 1. The molecule has 0 saturated heterocycles. The van der Waals surface area contributed by atoms with Crippen LogP contribution in [0, 0.1) is 13.8 Å². The van der Waals surface area contributed by atoms with Crippen LogP contribution in [0.2, 0.25) is 5.02 Å². The van der Waals surface area contributed by atoms with E-state index in [0.717, 1.165) is 27.4 Å². The van der Waals surface area contributed by atoms with E-state index >= 15 is 0 Å². The fourth-order valence-corrected chi connectivity index (χ4v) is 6.04. The molecule has 0 radical (unpaired) electrons. The number of hydrogen-bond acceptors (Lipinski definition) is 5. The molecule has 3 aromatic carbocycles. The summed E-state index contributed by atoms with van der Waals surface area (Å²) in [7, 11) is -2.76. The van der Waals surface area contributed by atoms with E-state index in [9.17, 15) is 18.0 Å². The lowest BCUT2D eigenvalue weighted by Crippen LogP contribution is -2.53. The van der Waals surface area contributed by atoms with Gasteiger partial charge in [-0.3, -0.25) is 13.9 Å². The van der Waals surface area contributed by atoms with Gasteiger partial charge in [0, 0.05) is 17.6 Å². The number of methoxy groups -OCH3 is 1. The minimum Gasteiger partial charge on any atom is -0.495 e. The Balaban J connectivity index is 2.12. The molecule has 0 aliphatic heterocycles. The lowest BCUT2D eigenvalue weighted by Gasteiger charge is -2.34. The summed E-state index contributed by atoms with van der Waals surface area (Å²) in [6.45, 7) is 8.93. The Morgan fingerprint density at radius 1 is 0.929 bits per heavy atom. The first-order valence-electron chi connectivity index (χ1n) is 14.0. The Kier molecular flexibility index (Phi) is 11.4. The second-order valence-electron chi connectivity index (χ2n) is 10.4. The molecule has 8 nitrogen and oxygen atoms in total. The number of hydrogen-bond donors (Lipinski definition) is 1. The van der Waals surface area contributed by atoms with Crippen LogP contribution < -0.4 is 14.4 Å². The minimum atomic E-state index is -4.22. The predicted molar refractivity (Wildman–Crippen MR) is 167 cm³/mol. The van der Waals surface area contributed by atoms with Crippen LogP contribution in [0.25, 0.3) is 0 Å². The number of ether oxygens (including phenoxy) is 1. The van der Waals surface area contributed by atoms with Crippen molar-refractivity contribution in [1.82, 2.24) is 10.2 Å². The summed E-state index contributed by atoms with van der Waals surface area (Å²) in [5, 5.41) is 3.52. The number of halogens is 1. The molecule has 10 heteroatoms. The van der Waals surface area contributed by atoms with Gasteiger partial charge in [0.2, 0.25) is 11.8 Å². The van der Waals surface area contributed by atoms with Crippen LogP contribution >= 0.6 is 11.6 Å². The van der Waals surface area contributed by atoms with E-state index in [2.05, 4.69) is 5.32 Å². The van der Waals surface area contributed by atoms with E-state index in [1.807, 2.05) is 34.6 Å². The van der Waals surface area contributed by atoms with Crippen molar-refractivity contribution in [1.29, 1.82) is 0 Å². The molecule has 0 saturated carbocycles. The molecule has 0 aromatic heterocycles. The molecule has 0 bridgehead atoms. The maximum absolute atomic E-state index is 14.2. The van der Waals surface area contributed by atoms with Crippen molar-refractivity contribution in [2.75, 3.05) is 18.0 Å². The molecule has 2 unspecified atom stereocenters. The monoisotopic (exact) mass is 613 g/mol. The number of sulfonamides is 1. The Bertz CT molecular complexity index is 1480. The first kappa shape index (κ1) is 32.9. The summed E-state index contributed by atoms with van der Waals surface area (Å²) in [6.07, 6.45) is 1.06. The highest BCUT2D eigenvalue weighted by Crippen LogP contribution is 2.34. The largest absolute Gasteiger partial charge is 0.495 e. The van der Waals surface area contributed by atoms with E-state index in [-0.39, 0.29) is 29.1 Å². The van der Waals surface area contributed by atoms with Crippen molar-refractivity contribution >= 4 is 39.1 Å². The average molecular weight is 614 g/mol. The van der Waals surface area contributed by atoms with E-state index in [4.69, 9.17) is 16.3 Å². The van der Waals surface area contributed by atoms with E-state index in [1.54, 1.807) is 54.6 Å². The van der Waals surface area contributed by atoms with Crippen molar-refractivity contribution in [3.63, 3.8) is 0 Å². The van der Waals surface area contributed by atoms with Gasteiger partial charge in [0.25, 0.3) is 10.0 Å². The van der Waals surface area contributed by atoms with E-state index in [0.29, 0.717) is 17.2 Å². The fraction of sp³-hybridized carbons (Fsp3) is 0.375. The average Bonchev–Trinajstić information content (AvgIpc) is 2.96. The standard InChI is InChI=1S/C32H40ClN3O5S/c1-7-24(5)34-32(38)28(8-2)35(20-25-12-14-26(33)15-13-25)31(37)21-36(29-19-23(4)11-18-30(29)41-6)42(39,40)27-16-9-22(3)10-17-27/h9-19,24,28H,7-8,20-21H2,1-6H3,(H,34,38). The summed E-state index contributed by atoms with van der Waals surface area (Å²) >= 11 is 6.09. The molecule has 2 atom stereocenters. The van der Waals surface area contributed by atoms with Gasteiger partial charge in [-0.15, -0.1) is 0 Å². The Morgan fingerprint density at radius 3 is 2.12 bits per heavy atom. The fourth-order valence-electron chi connectivity index (χ4n) is 4.49. The highest BCUT2D eigenvalue weighted by atomic mass is 35.5. The molecule has 2 amide bonds. The van der Waals surface area contributed by atoms with Crippen LogP contribution in [-0.2, 0) is 26.2 Å². The molecule has 3 rings (SSSR count).